The van der Waals surface area contributed by atoms with Crippen molar-refractivity contribution in [2.75, 3.05) is 46.2 Å². The lowest BCUT2D eigenvalue weighted by molar-refractivity contribution is 0.0164. The number of aliphatic hydroxyl groups excluding tert-OH is 1. The van der Waals surface area contributed by atoms with Gasteiger partial charge in [-0.1, -0.05) is 36.4 Å². The topological polar surface area (TPSA) is 82.2 Å². The van der Waals surface area contributed by atoms with Gasteiger partial charge in [0.25, 0.3) is 0 Å². The fourth-order valence-corrected chi connectivity index (χ4v) is 4.05. The third kappa shape index (κ3) is 7.69. The molecular formula is C30H34O7. The molecule has 0 aromatic heterocycles. The minimum absolute atomic E-state index is 0.0132. The molecule has 2 saturated heterocycles. The van der Waals surface area contributed by atoms with Gasteiger partial charge in [-0.15, -0.1) is 0 Å². The Morgan fingerprint density at radius 3 is 1.46 bits per heavy atom. The van der Waals surface area contributed by atoms with E-state index in [9.17, 15) is 5.11 Å². The second kappa shape index (κ2) is 12.4. The highest BCUT2D eigenvalue weighted by Crippen LogP contribution is 2.35. The number of epoxide rings is 2. The highest BCUT2D eigenvalue weighted by atomic mass is 16.6. The van der Waals surface area contributed by atoms with Crippen molar-refractivity contribution in [1.82, 2.24) is 0 Å². The second-order valence-electron chi connectivity index (χ2n) is 9.30. The van der Waals surface area contributed by atoms with E-state index in [2.05, 4.69) is 36.4 Å². The predicted molar refractivity (Wildman–Crippen MR) is 139 cm³/mol. The second-order valence-corrected chi connectivity index (χ2v) is 9.30. The van der Waals surface area contributed by atoms with E-state index in [4.69, 9.17) is 28.4 Å². The molecule has 2 aliphatic rings. The van der Waals surface area contributed by atoms with Crippen LogP contribution in [0.5, 0.6) is 17.2 Å². The number of hydrogen-bond donors (Lipinski definition) is 1. The van der Waals surface area contributed by atoms with Crippen molar-refractivity contribution in [2.24, 2.45) is 0 Å². The summed E-state index contributed by atoms with van der Waals surface area (Å²) in [6, 6.07) is 24.5. The van der Waals surface area contributed by atoms with Crippen molar-refractivity contribution in [1.29, 1.82) is 0 Å². The molecule has 3 aromatic rings. The summed E-state index contributed by atoms with van der Waals surface area (Å²) in [7, 11) is 0. The van der Waals surface area contributed by atoms with Gasteiger partial charge in [-0.05, 0) is 60.0 Å². The Balaban J connectivity index is 1.31. The van der Waals surface area contributed by atoms with Crippen LogP contribution in [0.15, 0.2) is 72.8 Å². The van der Waals surface area contributed by atoms with E-state index in [1.807, 2.05) is 43.3 Å². The van der Waals surface area contributed by atoms with E-state index in [0.29, 0.717) is 25.6 Å². The molecule has 0 saturated carbocycles. The molecule has 37 heavy (non-hydrogen) atoms. The summed E-state index contributed by atoms with van der Waals surface area (Å²) in [4.78, 5) is 0. The maximum Gasteiger partial charge on any atom is 0.119 e. The van der Waals surface area contributed by atoms with Crippen molar-refractivity contribution in [2.45, 2.75) is 31.2 Å². The highest BCUT2D eigenvalue weighted by molar-refractivity contribution is 5.46. The van der Waals surface area contributed by atoms with Gasteiger partial charge in [0.05, 0.1) is 19.8 Å². The van der Waals surface area contributed by atoms with Crippen LogP contribution in [0.3, 0.4) is 0 Å². The molecule has 2 aliphatic heterocycles. The van der Waals surface area contributed by atoms with Gasteiger partial charge in [-0.2, -0.15) is 0 Å². The van der Waals surface area contributed by atoms with Gasteiger partial charge in [0.15, 0.2) is 0 Å². The Kier molecular flexibility index (Phi) is 8.58. The van der Waals surface area contributed by atoms with Crippen LogP contribution in [-0.4, -0.2) is 69.7 Å². The fourth-order valence-electron chi connectivity index (χ4n) is 4.05. The first-order chi connectivity index (χ1) is 18.2. The first-order valence-electron chi connectivity index (χ1n) is 12.8. The van der Waals surface area contributed by atoms with Crippen molar-refractivity contribution >= 4 is 0 Å². The molecule has 2 fully saturated rings. The van der Waals surface area contributed by atoms with Gasteiger partial charge >= 0.3 is 0 Å². The summed E-state index contributed by atoms with van der Waals surface area (Å²) in [5.41, 5.74) is 3.43. The maximum atomic E-state index is 9.99. The lowest BCUT2D eigenvalue weighted by Crippen LogP contribution is -2.23. The summed E-state index contributed by atoms with van der Waals surface area (Å²) in [6.07, 6.45) is -0.215. The van der Waals surface area contributed by atoms with E-state index < -0.39 is 6.10 Å². The number of benzene rings is 3. The van der Waals surface area contributed by atoms with E-state index in [-0.39, 0.29) is 31.3 Å². The summed E-state index contributed by atoms with van der Waals surface area (Å²) < 4.78 is 33.1. The Morgan fingerprint density at radius 2 is 1.08 bits per heavy atom. The van der Waals surface area contributed by atoms with Gasteiger partial charge in [0.1, 0.15) is 55.4 Å². The first kappa shape index (κ1) is 25.5. The van der Waals surface area contributed by atoms with Crippen molar-refractivity contribution < 1.29 is 33.5 Å². The molecular weight excluding hydrogens is 472 g/mol. The van der Waals surface area contributed by atoms with Gasteiger partial charge in [-0.25, -0.2) is 0 Å². The fraction of sp³-hybridized carbons (Fsp3) is 0.400. The number of hydrogen-bond acceptors (Lipinski definition) is 7. The first-order valence-corrected chi connectivity index (χ1v) is 12.8. The molecule has 5 rings (SSSR count). The molecule has 3 atom stereocenters. The Labute approximate surface area is 217 Å². The van der Waals surface area contributed by atoms with Crippen LogP contribution in [0.4, 0.5) is 0 Å². The molecule has 7 heteroatoms. The van der Waals surface area contributed by atoms with Crippen LogP contribution in [0, 0.1) is 0 Å². The molecule has 3 aromatic carbocycles. The SMILES string of the molecule is CCOCC(O)COc1ccc(C(c2ccc(OCC3CO3)cc2)c2ccc(OCC3CO3)cc2)cc1. The van der Waals surface area contributed by atoms with Crippen molar-refractivity contribution in [3.63, 3.8) is 0 Å². The van der Waals surface area contributed by atoms with Crippen LogP contribution in [-0.2, 0) is 14.2 Å². The molecule has 2 heterocycles. The van der Waals surface area contributed by atoms with Crippen LogP contribution < -0.4 is 14.2 Å². The third-order valence-corrected chi connectivity index (χ3v) is 6.27. The average Bonchev–Trinajstić information content (AvgIpc) is 3.86. The van der Waals surface area contributed by atoms with E-state index in [0.717, 1.165) is 41.4 Å². The zero-order valence-corrected chi connectivity index (χ0v) is 21.1. The molecule has 0 radical (unpaired) electrons. The summed E-state index contributed by atoms with van der Waals surface area (Å²) in [5, 5.41) is 9.99. The number of aliphatic hydroxyl groups is 1. The normalized spacial score (nSPS) is 19.6. The largest absolute Gasteiger partial charge is 0.491 e. The van der Waals surface area contributed by atoms with Crippen molar-refractivity contribution in [3.8, 4) is 17.2 Å². The van der Waals surface area contributed by atoms with Crippen LogP contribution >= 0.6 is 0 Å². The van der Waals surface area contributed by atoms with Gasteiger partial charge in [-0.3, -0.25) is 0 Å². The molecule has 0 bridgehead atoms. The Bertz CT molecular complexity index is 1030. The number of ether oxygens (including phenoxy) is 6. The summed E-state index contributed by atoms with van der Waals surface area (Å²) in [6.45, 7) is 5.62. The highest BCUT2D eigenvalue weighted by Gasteiger charge is 2.24. The standard InChI is InChI=1S/C30H34O7/c1-2-32-15-24(31)16-33-25-9-3-21(4-10-25)30(22-5-11-26(12-6-22)34-17-28-19-36-28)23-7-13-27(14-8-23)35-18-29-20-37-29/h3-14,24,28-31H,2,15-20H2,1H3. The van der Waals surface area contributed by atoms with E-state index >= 15 is 0 Å². The van der Waals surface area contributed by atoms with Crippen LogP contribution in [0.2, 0.25) is 0 Å². The minimum Gasteiger partial charge on any atom is -0.491 e. The Hall–Kier alpha value is -3.10. The molecule has 196 valence electrons. The molecule has 3 unspecified atom stereocenters. The van der Waals surface area contributed by atoms with Crippen LogP contribution in [0.1, 0.15) is 29.5 Å². The Morgan fingerprint density at radius 1 is 0.676 bits per heavy atom. The average molecular weight is 507 g/mol. The van der Waals surface area contributed by atoms with Gasteiger partial charge in [0, 0.05) is 12.5 Å². The molecule has 1 N–H and O–H groups in total. The molecule has 7 nitrogen and oxygen atoms in total. The predicted octanol–water partition coefficient (Wildman–Crippen LogP) is 4.20. The lowest BCUT2D eigenvalue weighted by atomic mass is 9.85. The minimum atomic E-state index is -0.660. The monoisotopic (exact) mass is 506 g/mol. The third-order valence-electron chi connectivity index (χ3n) is 6.27. The summed E-state index contributed by atoms with van der Waals surface area (Å²) >= 11 is 0. The quantitative estimate of drug-likeness (QED) is 0.244. The molecule has 0 aliphatic carbocycles. The molecule has 0 amide bonds. The van der Waals surface area contributed by atoms with E-state index in [1.165, 1.54) is 0 Å². The zero-order chi connectivity index (χ0) is 25.5. The van der Waals surface area contributed by atoms with Crippen LogP contribution in [0.25, 0.3) is 0 Å². The maximum absolute atomic E-state index is 9.99. The zero-order valence-electron chi connectivity index (χ0n) is 21.1. The van der Waals surface area contributed by atoms with Gasteiger partial charge < -0.3 is 33.5 Å². The van der Waals surface area contributed by atoms with Gasteiger partial charge in [0.2, 0.25) is 0 Å². The number of rotatable bonds is 15. The van der Waals surface area contributed by atoms with E-state index in [1.54, 1.807) is 0 Å². The van der Waals surface area contributed by atoms with Crippen molar-refractivity contribution in [3.05, 3.63) is 89.5 Å². The lowest BCUT2D eigenvalue weighted by Gasteiger charge is -2.20. The molecule has 0 spiro atoms. The summed E-state index contributed by atoms with van der Waals surface area (Å²) in [5.74, 6) is 2.38. The smallest absolute Gasteiger partial charge is 0.119 e.